The highest BCUT2D eigenvalue weighted by molar-refractivity contribution is 7.98. The summed E-state index contributed by atoms with van der Waals surface area (Å²) in [5.41, 5.74) is 3.09. The van der Waals surface area contributed by atoms with Crippen molar-refractivity contribution in [3.05, 3.63) is 63.9 Å². The van der Waals surface area contributed by atoms with Gasteiger partial charge in [-0.25, -0.2) is 4.98 Å². The van der Waals surface area contributed by atoms with Crippen LogP contribution in [0.2, 0.25) is 5.02 Å². The Hall–Kier alpha value is -2.75. The van der Waals surface area contributed by atoms with Gasteiger partial charge in [0.25, 0.3) is 0 Å². The lowest BCUT2D eigenvalue weighted by Gasteiger charge is -2.08. The fraction of sp³-hybridized carbons (Fsp3) is 0.227. The van der Waals surface area contributed by atoms with Crippen molar-refractivity contribution >= 4 is 34.7 Å². The van der Waals surface area contributed by atoms with E-state index in [1.165, 1.54) is 0 Å². The van der Waals surface area contributed by atoms with Crippen LogP contribution in [0.15, 0.2) is 46.9 Å². The molecule has 0 fully saturated rings. The molecule has 32 heavy (non-hydrogen) atoms. The Bertz CT molecular complexity index is 1270. The van der Waals surface area contributed by atoms with E-state index in [0.29, 0.717) is 16.5 Å². The molecule has 0 unspecified atom stereocenters. The van der Waals surface area contributed by atoms with Gasteiger partial charge in [-0.15, -0.1) is 21.5 Å². The lowest BCUT2D eigenvalue weighted by molar-refractivity contribution is 0.174. The minimum Gasteiger partial charge on any atom is -0.484 e. The summed E-state index contributed by atoms with van der Waals surface area (Å²) in [7, 11) is 1.93. The van der Waals surface area contributed by atoms with Crippen molar-refractivity contribution in [3.63, 3.8) is 0 Å². The molecule has 0 bridgehead atoms. The van der Waals surface area contributed by atoms with Crippen molar-refractivity contribution in [2.45, 2.75) is 24.4 Å². The molecule has 4 aromatic rings. The van der Waals surface area contributed by atoms with E-state index in [1.807, 2.05) is 54.9 Å². The van der Waals surface area contributed by atoms with Gasteiger partial charge in [0.1, 0.15) is 17.4 Å². The molecule has 1 aliphatic rings. The summed E-state index contributed by atoms with van der Waals surface area (Å²) >= 11 is 9.40. The summed E-state index contributed by atoms with van der Waals surface area (Å²) < 4.78 is 18.6. The van der Waals surface area contributed by atoms with Gasteiger partial charge in [0.05, 0.1) is 10.7 Å². The van der Waals surface area contributed by atoms with E-state index in [-0.39, 0.29) is 13.4 Å². The maximum Gasteiger partial charge on any atom is 0.231 e. The van der Waals surface area contributed by atoms with Gasteiger partial charge in [0, 0.05) is 23.7 Å². The third-order valence-electron chi connectivity index (χ3n) is 4.89. The average molecular weight is 487 g/mol. The number of aryl methyl sites for hydroxylation is 1. The van der Waals surface area contributed by atoms with Crippen LogP contribution in [-0.2, 0) is 19.4 Å². The molecule has 7 nitrogen and oxygen atoms in total. The maximum absolute atomic E-state index is 6.21. The molecule has 0 aliphatic carbocycles. The van der Waals surface area contributed by atoms with Crippen molar-refractivity contribution in [1.29, 1.82) is 0 Å². The molecule has 3 heterocycles. The summed E-state index contributed by atoms with van der Waals surface area (Å²) in [6.07, 6.45) is 0. The standard InChI is InChI=1S/C22H19ClN4O3S2/c1-13-3-5-16(23)18(7-13)28-9-20-25-26-22(27(20)2)32-11-15-10-31-21(24-15)14-4-6-17-19(8-14)30-12-29-17/h3-8,10H,9,11-12H2,1-2H3. The second-order valence-electron chi connectivity index (χ2n) is 7.18. The Kier molecular flexibility index (Phi) is 5.95. The molecule has 0 radical (unpaired) electrons. The van der Waals surface area contributed by atoms with Gasteiger partial charge in [-0.05, 0) is 42.8 Å². The third-order valence-corrected chi connectivity index (χ3v) is 7.20. The number of hydrogen-bond acceptors (Lipinski definition) is 8. The van der Waals surface area contributed by atoms with Crippen molar-refractivity contribution in [1.82, 2.24) is 19.7 Å². The van der Waals surface area contributed by atoms with Crippen LogP contribution < -0.4 is 14.2 Å². The first-order chi connectivity index (χ1) is 15.6. The third kappa shape index (κ3) is 4.41. The van der Waals surface area contributed by atoms with E-state index >= 15 is 0 Å². The monoisotopic (exact) mass is 486 g/mol. The molecule has 1 aliphatic heterocycles. The molecular weight excluding hydrogens is 468 g/mol. The molecule has 10 heteroatoms. The van der Waals surface area contributed by atoms with Crippen LogP contribution in [0.4, 0.5) is 0 Å². The van der Waals surface area contributed by atoms with Gasteiger partial charge in [-0.2, -0.15) is 0 Å². The first-order valence-electron chi connectivity index (χ1n) is 9.81. The maximum atomic E-state index is 6.21. The van der Waals surface area contributed by atoms with E-state index < -0.39 is 0 Å². The average Bonchev–Trinajstić information content (AvgIpc) is 3.53. The van der Waals surface area contributed by atoms with Crippen LogP contribution in [-0.4, -0.2) is 26.5 Å². The van der Waals surface area contributed by atoms with Crippen LogP contribution in [0.1, 0.15) is 17.1 Å². The van der Waals surface area contributed by atoms with E-state index in [1.54, 1.807) is 23.1 Å². The molecule has 0 saturated heterocycles. The van der Waals surface area contributed by atoms with Crippen LogP contribution >= 0.6 is 34.7 Å². The normalized spacial score (nSPS) is 12.3. The van der Waals surface area contributed by atoms with Gasteiger partial charge in [0.15, 0.2) is 22.5 Å². The quantitative estimate of drug-likeness (QED) is 0.319. The van der Waals surface area contributed by atoms with Crippen molar-refractivity contribution in [2.75, 3.05) is 6.79 Å². The first kappa shape index (κ1) is 21.1. The topological polar surface area (TPSA) is 71.3 Å². The number of rotatable bonds is 7. The molecule has 0 saturated carbocycles. The SMILES string of the molecule is Cc1ccc(Cl)c(OCc2nnc(SCc3csc(-c4ccc5c(c4)OCO5)n3)n2C)c1. The van der Waals surface area contributed by atoms with Gasteiger partial charge >= 0.3 is 0 Å². The lowest BCUT2D eigenvalue weighted by Crippen LogP contribution is -2.04. The Balaban J connectivity index is 1.21. The Labute approximate surface area is 198 Å². The van der Waals surface area contributed by atoms with Gasteiger partial charge in [-0.1, -0.05) is 29.4 Å². The highest BCUT2D eigenvalue weighted by atomic mass is 35.5. The van der Waals surface area contributed by atoms with Crippen molar-refractivity contribution in [2.24, 2.45) is 7.05 Å². The number of ether oxygens (including phenoxy) is 3. The fourth-order valence-corrected chi connectivity index (χ4v) is 5.05. The van der Waals surface area contributed by atoms with Crippen LogP contribution in [0.5, 0.6) is 17.2 Å². The highest BCUT2D eigenvalue weighted by Crippen LogP contribution is 2.37. The largest absolute Gasteiger partial charge is 0.484 e. The predicted molar refractivity (Wildman–Crippen MR) is 125 cm³/mol. The van der Waals surface area contributed by atoms with Crippen LogP contribution in [0.3, 0.4) is 0 Å². The van der Waals surface area contributed by atoms with Crippen LogP contribution in [0, 0.1) is 6.92 Å². The number of nitrogens with zero attached hydrogens (tertiary/aromatic N) is 4. The molecule has 0 N–H and O–H groups in total. The Morgan fingerprint density at radius 3 is 2.94 bits per heavy atom. The number of halogens is 1. The summed E-state index contributed by atoms with van der Waals surface area (Å²) in [6, 6.07) is 11.6. The second-order valence-corrected chi connectivity index (χ2v) is 9.39. The molecule has 0 amide bonds. The number of thiazole rings is 1. The smallest absolute Gasteiger partial charge is 0.231 e. The number of fused-ring (bicyclic) bond motifs is 1. The summed E-state index contributed by atoms with van der Waals surface area (Å²) in [5.74, 6) is 3.59. The van der Waals surface area contributed by atoms with Gasteiger partial charge in [-0.3, -0.25) is 0 Å². The van der Waals surface area contributed by atoms with Crippen molar-refractivity contribution in [3.8, 4) is 27.8 Å². The van der Waals surface area contributed by atoms with Gasteiger partial charge < -0.3 is 18.8 Å². The molecule has 164 valence electrons. The highest BCUT2D eigenvalue weighted by Gasteiger charge is 2.16. The molecule has 0 spiro atoms. The Morgan fingerprint density at radius 1 is 1.16 bits per heavy atom. The second kappa shape index (κ2) is 9.01. The zero-order chi connectivity index (χ0) is 22.1. The predicted octanol–water partition coefficient (Wildman–Crippen LogP) is 5.50. The summed E-state index contributed by atoms with van der Waals surface area (Å²) in [5, 5.41) is 12.9. The molecular formula is C22H19ClN4O3S2. The lowest BCUT2D eigenvalue weighted by atomic mass is 10.2. The number of hydrogen-bond donors (Lipinski definition) is 0. The van der Waals surface area contributed by atoms with Gasteiger partial charge in [0.2, 0.25) is 6.79 Å². The first-order valence-corrected chi connectivity index (χ1v) is 12.1. The fourth-order valence-electron chi connectivity index (χ4n) is 3.13. The molecule has 2 aromatic heterocycles. The minimum atomic E-state index is 0.265. The van der Waals surface area contributed by atoms with E-state index in [4.69, 9.17) is 30.8 Å². The molecule has 5 rings (SSSR count). The number of benzene rings is 2. The summed E-state index contributed by atoms with van der Waals surface area (Å²) in [4.78, 5) is 4.76. The molecule has 2 aromatic carbocycles. The number of aromatic nitrogens is 4. The zero-order valence-corrected chi connectivity index (χ0v) is 19.8. The van der Waals surface area contributed by atoms with E-state index in [2.05, 4.69) is 15.6 Å². The van der Waals surface area contributed by atoms with Crippen LogP contribution in [0.25, 0.3) is 10.6 Å². The minimum absolute atomic E-state index is 0.265. The van der Waals surface area contributed by atoms with E-state index in [0.717, 1.165) is 44.3 Å². The van der Waals surface area contributed by atoms with E-state index in [9.17, 15) is 0 Å². The summed E-state index contributed by atoms with van der Waals surface area (Å²) in [6.45, 7) is 2.55. The van der Waals surface area contributed by atoms with Crippen molar-refractivity contribution < 1.29 is 14.2 Å². The number of thioether (sulfide) groups is 1. The molecule has 0 atom stereocenters. The Morgan fingerprint density at radius 2 is 2.03 bits per heavy atom. The zero-order valence-electron chi connectivity index (χ0n) is 17.4.